The van der Waals surface area contributed by atoms with E-state index in [1.54, 1.807) is 18.5 Å². The van der Waals surface area contributed by atoms with Crippen LogP contribution in [0.2, 0.25) is 0 Å². The zero-order chi connectivity index (χ0) is 25.8. The molecule has 2 aromatic carbocycles. The molecule has 0 saturated heterocycles. The van der Waals surface area contributed by atoms with Crippen LogP contribution in [-0.4, -0.2) is 15.7 Å². The van der Waals surface area contributed by atoms with Gasteiger partial charge in [-0.05, 0) is 61.3 Å². The maximum Gasteiger partial charge on any atom is 2.00 e. The summed E-state index contributed by atoms with van der Waals surface area (Å²) >= 11 is 0. The molecule has 0 N–H and O–H groups in total. The van der Waals surface area contributed by atoms with Crippen molar-refractivity contribution < 1.29 is 26.7 Å². The minimum atomic E-state index is -0.391. The van der Waals surface area contributed by atoms with E-state index < -0.39 is 5.75 Å². The number of hydrogen-bond acceptors (Lipinski definition) is 5. The second-order valence-electron chi connectivity index (χ2n) is 10.9. The minimum absolute atomic E-state index is 0. The van der Waals surface area contributed by atoms with Crippen LogP contribution in [0, 0.1) is 20.8 Å². The largest absolute Gasteiger partial charge is 2.00 e. The molecule has 3 aromatic rings. The van der Waals surface area contributed by atoms with Crippen molar-refractivity contribution in [3.8, 4) is 11.5 Å². The zero-order valence-corrected chi connectivity index (χ0v) is 23.5. The van der Waals surface area contributed by atoms with E-state index in [0.717, 1.165) is 17.0 Å². The van der Waals surface area contributed by atoms with Crippen molar-refractivity contribution in [3.05, 3.63) is 76.4 Å². The number of benzene rings is 2. The van der Waals surface area contributed by atoms with Crippen molar-refractivity contribution in [2.24, 2.45) is 4.99 Å². The molecule has 0 saturated carbocycles. The van der Waals surface area contributed by atoms with Gasteiger partial charge in [-0.25, -0.2) is 15.0 Å². The van der Waals surface area contributed by atoms with Gasteiger partial charge in [0.25, 0.3) is 0 Å². The van der Waals surface area contributed by atoms with Gasteiger partial charge in [-0.15, -0.1) is 11.5 Å². The predicted molar refractivity (Wildman–Crippen MR) is 137 cm³/mol. The molecule has 190 valence electrons. The summed E-state index contributed by atoms with van der Waals surface area (Å²) in [5.41, 5.74) is 6.65. The molecule has 1 heterocycles. The third kappa shape index (κ3) is 8.18. The van der Waals surface area contributed by atoms with Crippen LogP contribution in [0.4, 0.5) is 5.69 Å². The number of aryl methyl sites for hydroxylation is 3. The second-order valence-corrected chi connectivity index (χ2v) is 10.9. The van der Waals surface area contributed by atoms with Crippen LogP contribution in [0.1, 0.15) is 82.1 Å². The Morgan fingerprint density at radius 2 is 1.31 bits per heavy atom. The molecule has 3 rings (SSSR count). The molecule has 0 aliphatic rings. The average molecular weight is 518 g/mol. The van der Waals surface area contributed by atoms with E-state index in [9.17, 15) is 10.2 Å². The molecule has 0 amide bonds. The van der Waals surface area contributed by atoms with E-state index in [1.165, 1.54) is 22.8 Å². The van der Waals surface area contributed by atoms with Gasteiger partial charge < -0.3 is 10.2 Å². The minimum Gasteiger partial charge on any atom is -0.873 e. The summed E-state index contributed by atoms with van der Waals surface area (Å²) in [4.78, 5) is 13.1. The van der Waals surface area contributed by atoms with Crippen LogP contribution in [0.3, 0.4) is 0 Å². The first-order valence-electron chi connectivity index (χ1n) is 11.5. The standard InChI is InChI=1S/C15H17N3.C14H22O2.Ni/c1-10-8-11(2)14(12(3)9-10)18-13(4)15-16-6-5-7-17-15;1-13(2,3)9-7-10(14(4,5)6)12(16)11(15)8-9;/h5-9H,1-4H3;7-8,15-16H,1-6H3;/q;;+2/p-2. The summed E-state index contributed by atoms with van der Waals surface area (Å²) in [6.07, 6.45) is 3.46. The summed E-state index contributed by atoms with van der Waals surface area (Å²) in [6, 6.07) is 9.44. The molecule has 0 radical (unpaired) electrons. The van der Waals surface area contributed by atoms with Crippen LogP contribution in [-0.2, 0) is 27.3 Å². The third-order valence-corrected chi connectivity index (χ3v) is 5.53. The number of nitrogens with zero attached hydrogens (tertiary/aromatic N) is 3. The summed E-state index contributed by atoms with van der Waals surface area (Å²) in [6.45, 7) is 20.2. The van der Waals surface area contributed by atoms with Crippen molar-refractivity contribution in [1.29, 1.82) is 0 Å². The van der Waals surface area contributed by atoms with Crippen molar-refractivity contribution in [2.75, 3.05) is 0 Å². The fourth-order valence-corrected chi connectivity index (χ4v) is 3.64. The number of rotatable bonds is 2. The van der Waals surface area contributed by atoms with E-state index in [-0.39, 0.29) is 33.1 Å². The Morgan fingerprint density at radius 1 is 0.800 bits per heavy atom. The molecule has 0 spiro atoms. The Bertz CT molecular complexity index is 1150. The van der Waals surface area contributed by atoms with Crippen LogP contribution >= 0.6 is 0 Å². The maximum atomic E-state index is 11.8. The molecular formula is C29H37N3NiO2. The molecule has 0 atom stereocenters. The summed E-state index contributed by atoms with van der Waals surface area (Å²) in [5.74, 6) is -0.0743. The van der Waals surface area contributed by atoms with Gasteiger partial charge in [0.2, 0.25) is 0 Å². The van der Waals surface area contributed by atoms with E-state index in [1.807, 2.05) is 54.5 Å². The molecular weight excluding hydrogens is 481 g/mol. The fraction of sp³-hybridized carbons (Fsp3) is 0.414. The number of aromatic nitrogens is 2. The predicted octanol–water partition coefficient (Wildman–Crippen LogP) is 5.97. The Kier molecular flexibility index (Phi) is 10.2. The summed E-state index contributed by atoms with van der Waals surface area (Å²) < 4.78 is 0. The van der Waals surface area contributed by atoms with Gasteiger partial charge in [0, 0.05) is 12.4 Å². The molecule has 5 nitrogen and oxygen atoms in total. The first kappa shape index (κ1) is 30.3. The Morgan fingerprint density at radius 3 is 1.77 bits per heavy atom. The van der Waals surface area contributed by atoms with Crippen LogP contribution < -0.4 is 10.2 Å². The average Bonchev–Trinajstić information content (AvgIpc) is 2.72. The summed E-state index contributed by atoms with van der Waals surface area (Å²) in [7, 11) is 0. The van der Waals surface area contributed by atoms with Crippen LogP contribution in [0.15, 0.2) is 47.7 Å². The van der Waals surface area contributed by atoms with Gasteiger partial charge in [-0.2, -0.15) is 0 Å². The van der Waals surface area contributed by atoms with Gasteiger partial charge in [-0.1, -0.05) is 76.9 Å². The first-order valence-corrected chi connectivity index (χ1v) is 11.5. The van der Waals surface area contributed by atoms with E-state index in [0.29, 0.717) is 11.4 Å². The smallest absolute Gasteiger partial charge is 0.873 e. The monoisotopic (exact) mass is 517 g/mol. The molecule has 35 heavy (non-hydrogen) atoms. The molecule has 0 bridgehead atoms. The molecule has 0 aliphatic heterocycles. The van der Waals surface area contributed by atoms with E-state index in [4.69, 9.17) is 0 Å². The molecule has 0 unspecified atom stereocenters. The summed E-state index contributed by atoms with van der Waals surface area (Å²) in [5, 5.41) is 23.4. The van der Waals surface area contributed by atoms with Gasteiger partial charge in [0.1, 0.15) is 0 Å². The van der Waals surface area contributed by atoms with Crippen molar-refractivity contribution in [3.63, 3.8) is 0 Å². The quantitative estimate of drug-likeness (QED) is 0.309. The van der Waals surface area contributed by atoms with Crippen molar-refractivity contribution in [1.82, 2.24) is 9.97 Å². The zero-order valence-electron chi connectivity index (χ0n) is 22.5. The SMILES string of the molecule is CC(=Nc1c(C)cc(C)cc1C)c1ncccn1.CC(C)(C)c1cc([O-])c([O-])c(C(C)(C)C)c1.[Ni+2]. The van der Waals surface area contributed by atoms with Gasteiger partial charge in [0.05, 0.1) is 11.4 Å². The van der Waals surface area contributed by atoms with E-state index >= 15 is 0 Å². The normalized spacial score (nSPS) is 11.9. The Hall–Kier alpha value is -2.72. The topological polar surface area (TPSA) is 84.3 Å². The number of hydrogen-bond donors (Lipinski definition) is 0. The molecule has 1 aromatic heterocycles. The van der Waals surface area contributed by atoms with Crippen LogP contribution in [0.5, 0.6) is 11.5 Å². The Balaban J connectivity index is 0.000000343. The third-order valence-electron chi connectivity index (χ3n) is 5.53. The van der Waals surface area contributed by atoms with E-state index in [2.05, 4.69) is 47.9 Å². The molecule has 0 aliphatic carbocycles. The van der Waals surface area contributed by atoms with Crippen molar-refractivity contribution >= 4 is 11.4 Å². The van der Waals surface area contributed by atoms with Gasteiger partial charge in [-0.3, -0.25) is 0 Å². The molecule has 6 heteroatoms. The molecule has 0 fully saturated rings. The maximum absolute atomic E-state index is 11.8. The van der Waals surface area contributed by atoms with Crippen molar-refractivity contribution in [2.45, 2.75) is 80.1 Å². The first-order chi connectivity index (χ1) is 15.6. The van der Waals surface area contributed by atoms with Gasteiger partial charge >= 0.3 is 16.5 Å². The number of aliphatic imine (C=N–C) groups is 1. The second kappa shape index (κ2) is 11.8. The van der Waals surface area contributed by atoms with Gasteiger partial charge in [0.15, 0.2) is 5.82 Å². The van der Waals surface area contributed by atoms with Crippen LogP contribution in [0.25, 0.3) is 0 Å². The Labute approximate surface area is 220 Å². The fourth-order valence-electron chi connectivity index (χ4n) is 3.64.